The molecular formula is C28H42N2O10. The number of hydrogen-bond donors (Lipinski definition) is 2. The molecular weight excluding hydrogens is 524 g/mol. The van der Waals surface area contributed by atoms with Crippen LogP contribution in [0.5, 0.6) is 0 Å². The van der Waals surface area contributed by atoms with Crippen LogP contribution in [0.1, 0.15) is 47.0 Å². The van der Waals surface area contributed by atoms with Gasteiger partial charge in [0.15, 0.2) is 0 Å². The molecule has 0 heterocycles. The predicted molar refractivity (Wildman–Crippen MR) is 145 cm³/mol. The zero-order valence-corrected chi connectivity index (χ0v) is 23.9. The van der Waals surface area contributed by atoms with Crippen molar-refractivity contribution in [3.05, 3.63) is 38.0 Å². The first kappa shape index (κ1) is 34.2. The summed E-state index contributed by atoms with van der Waals surface area (Å²) in [5.41, 5.74) is -2.00. The molecule has 12 nitrogen and oxygen atoms in total. The van der Waals surface area contributed by atoms with Gasteiger partial charge < -0.3 is 34.3 Å². The Kier molecular flexibility index (Phi) is 13.4. The van der Waals surface area contributed by atoms with Gasteiger partial charge in [-0.15, -0.1) is 0 Å². The molecule has 0 aliphatic heterocycles. The summed E-state index contributed by atoms with van der Waals surface area (Å²) < 4.78 is 25.9. The average Bonchev–Trinajstić information content (AvgIpc) is 2.91. The molecule has 1 fully saturated rings. The van der Waals surface area contributed by atoms with E-state index in [1.807, 2.05) is 6.92 Å². The number of alkyl carbamates (subject to hydrolysis) is 2. The highest BCUT2D eigenvalue weighted by Crippen LogP contribution is 2.45. The standard InChI is InChI=1S/C28H42N2O10/c1-8-21(31)37-16-28(17-38-22(32)9-2,18-39-23(33)10-3)19-40-24(34)29-15-27(7)14-26(5,6)13-12-20(27)30-25(35)36-11-4/h8-10,20H,1-3,11-19H2,4-7H3,(H,29,34)(H,30,35). The predicted octanol–water partition coefficient (Wildman–Crippen LogP) is 3.22. The third-order valence-electron chi connectivity index (χ3n) is 6.61. The van der Waals surface area contributed by atoms with Crippen LogP contribution in [0.3, 0.4) is 0 Å². The summed E-state index contributed by atoms with van der Waals surface area (Å²) in [6.07, 6.45) is 3.72. The van der Waals surface area contributed by atoms with Gasteiger partial charge in [-0.05, 0) is 31.6 Å². The van der Waals surface area contributed by atoms with Crippen LogP contribution in [0.4, 0.5) is 9.59 Å². The van der Waals surface area contributed by atoms with Gasteiger partial charge in [-0.3, -0.25) is 0 Å². The SMILES string of the molecule is C=CC(=O)OCC(COC(=O)C=C)(COC(=O)C=C)COC(=O)NCC1(C)CC(C)(C)CCC1NC(=O)OCC. The van der Waals surface area contributed by atoms with E-state index in [1.54, 1.807) is 6.92 Å². The molecule has 2 atom stereocenters. The van der Waals surface area contributed by atoms with Crippen molar-refractivity contribution >= 4 is 30.1 Å². The second-order valence-electron chi connectivity index (χ2n) is 10.8. The van der Waals surface area contributed by atoms with Gasteiger partial charge in [0.25, 0.3) is 0 Å². The Morgan fingerprint density at radius 3 is 1.73 bits per heavy atom. The fraction of sp³-hybridized carbons (Fsp3) is 0.607. The molecule has 1 aliphatic carbocycles. The molecule has 1 aliphatic rings. The van der Waals surface area contributed by atoms with Crippen molar-refractivity contribution in [3.8, 4) is 0 Å². The van der Waals surface area contributed by atoms with Gasteiger partial charge >= 0.3 is 30.1 Å². The fourth-order valence-electron chi connectivity index (χ4n) is 4.58. The number of hydrogen-bond acceptors (Lipinski definition) is 10. The maximum atomic E-state index is 12.8. The van der Waals surface area contributed by atoms with Crippen LogP contribution >= 0.6 is 0 Å². The van der Waals surface area contributed by atoms with Crippen LogP contribution in [0.15, 0.2) is 38.0 Å². The summed E-state index contributed by atoms with van der Waals surface area (Å²) in [4.78, 5) is 60.2. The first-order chi connectivity index (χ1) is 18.7. The molecule has 1 rings (SSSR count). The minimum absolute atomic E-state index is 0.0264. The lowest BCUT2D eigenvalue weighted by molar-refractivity contribution is -0.159. The van der Waals surface area contributed by atoms with Crippen LogP contribution in [-0.2, 0) is 38.1 Å². The van der Waals surface area contributed by atoms with Crippen LogP contribution < -0.4 is 10.6 Å². The Labute approximate surface area is 235 Å². The van der Waals surface area contributed by atoms with Crippen molar-refractivity contribution in [2.75, 3.05) is 39.6 Å². The summed E-state index contributed by atoms with van der Waals surface area (Å²) in [5, 5.41) is 5.65. The van der Waals surface area contributed by atoms with Crippen molar-refractivity contribution in [2.45, 2.75) is 53.0 Å². The van der Waals surface area contributed by atoms with Crippen LogP contribution in [0, 0.1) is 16.2 Å². The Morgan fingerprint density at radius 1 is 0.800 bits per heavy atom. The van der Waals surface area contributed by atoms with Crippen molar-refractivity contribution < 1.29 is 47.7 Å². The lowest BCUT2D eigenvalue weighted by atomic mass is 9.62. The quantitative estimate of drug-likeness (QED) is 0.171. The first-order valence-electron chi connectivity index (χ1n) is 13.0. The van der Waals surface area contributed by atoms with Gasteiger partial charge in [-0.1, -0.05) is 40.5 Å². The molecule has 0 bridgehead atoms. The second kappa shape index (κ2) is 15.7. The third kappa shape index (κ3) is 11.5. The molecule has 2 N–H and O–H groups in total. The zero-order valence-electron chi connectivity index (χ0n) is 23.9. The maximum Gasteiger partial charge on any atom is 0.407 e. The maximum absolute atomic E-state index is 12.8. The van der Waals surface area contributed by atoms with Crippen molar-refractivity contribution in [2.24, 2.45) is 16.2 Å². The molecule has 40 heavy (non-hydrogen) atoms. The fourth-order valence-corrected chi connectivity index (χ4v) is 4.58. The minimum Gasteiger partial charge on any atom is -0.462 e. The van der Waals surface area contributed by atoms with E-state index in [-0.39, 0.29) is 24.6 Å². The molecule has 0 radical (unpaired) electrons. The lowest BCUT2D eigenvalue weighted by Gasteiger charge is -2.48. The number of esters is 3. The lowest BCUT2D eigenvalue weighted by Crippen LogP contribution is -2.56. The molecule has 0 aromatic carbocycles. The Balaban J connectivity index is 3.03. The number of nitrogens with one attached hydrogen (secondary N) is 2. The molecule has 224 valence electrons. The number of ether oxygens (including phenoxy) is 5. The average molecular weight is 567 g/mol. The smallest absolute Gasteiger partial charge is 0.407 e. The Bertz CT molecular complexity index is 901. The van der Waals surface area contributed by atoms with Crippen LogP contribution in [0.25, 0.3) is 0 Å². The van der Waals surface area contributed by atoms with E-state index < -0.39 is 67.4 Å². The molecule has 0 aromatic heterocycles. The van der Waals surface area contributed by atoms with Gasteiger partial charge in [0.1, 0.15) is 31.8 Å². The third-order valence-corrected chi connectivity index (χ3v) is 6.61. The minimum atomic E-state index is -1.45. The van der Waals surface area contributed by atoms with Crippen molar-refractivity contribution in [1.82, 2.24) is 10.6 Å². The largest absolute Gasteiger partial charge is 0.462 e. The van der Waals surface area contributed by atoms with E-state index in [0.29, 0.717) is 12.8 Å². The zero-order chi connectivity index (χ0) is 30.4. The Morgan fingerprint density at radius 2 is 1.27 bits per heavy atom. The highest BCUT2D eigenvalue weighted by Gasteiger charge is 2.45. The molecule has 12 heteroatoms. The summed E-state index contributed by atoms with van der Waals surface area (Å²) in [7, 11) is 0. The number of rotatable bonds is 15. The van der Waals surface area contributed by atoms with Gasteiger partial charge in [0.05, 0.1) is 6.61 Å². The van der Waals surface area contributed by atoms with E-state index >= 15 is 0 Å². The summed E-state index contributed by atoms with van der Waals surface area (Å²) in [6.45, 7) is 16.6. The molecule has 1 saturated carbocycles. The van der Waals surface area contributed by atoms with Gasteiger partial charge in [-0.25, -0.2) is 24.0 Å². The summed E-state index contributed by atoms with van der Waals surface area (Å²) in [5.74, 6) is -2.36. The highest BCUT2D eigenvalue weighted by atomic mass is 16.6. The molecule has 0 spiro atoms. The molecule has 2 unspecified atom stereocenters. The van der Waals surface area contributed by atoms with Gasteiger partial charge in [0.2, 0.25) is 0 Å². The summed E-state index contributed by atoms with van der Waals surface area (Å²) >= 11 is 0. The number of amides is 2. The van der Waals surface area contributed by atoms with E-state index in [1.165, 1.54) is 0 Å². The van der Waals surface area contributed by atoms with Crippen molar-refractivity contribution in [3.63, 3.8) is 0 Å². The Hall–Kier alpha value is -3.83. The van der Waals surface area contributed by atoms with E-state index in [4.69, 9.17) is 23.7 Å². The van der Waals surface area contributed by atoms with E-state index in [0.717, 1.165) is 24.6 Å². The summed E-state index contributed by atoms with van der Waals surface area (Å²) in [6, 6.07) is -0.256. The van der Waals surface area contributed by atoms with Gasteiger partial charge in [0, 0.05) is 36.2 Å². The van der Waals surface area contributed by atoms with Crippen LogP contribution in [0.2, 0.25) is 0 Å². The van der Waals surface area contributed by atoms with Crippen molar-refractivity contribution in [1.29, 1.82) is 0 Å². The normalized spacial score (nSPS) is 19.6. The second-order valence-corrected chi connectivity index (χ2v) is 10.8. The topological polar surface area (TPSA) is 156 Å². The van der Waals surface area contributed by atoms with Crippen LogP contribution in [-0.4, -0.2) is 75.7 Å². The highest BCUT2D eigenvalue weighted by molar-refractivity contribution is 5.82. The molecule has 0 aromatic rings. The first-order valence-corrected chi connectivity index (χ1v) is 13.0. The molecule has 0 saturated heterocycles. The van der Waals surface area contributed by atoms with Gasteiger partial charge in [-0.2, -0.15) is 0 Å². The number of carbonyl (C=O) groups excluding carboxylic acids is 5. The molecule has 2 amide bonds. The van der Waals surface area contributed by atoms with E-state index in [2.05, 4.69) is 44.2 Å². The monoisotopic (exact) mass is 566 g/mol. The number of carbonyl (C=O) groups is 5. The van der Waals surface area contributed by atoms with E-state index in [9.17, 15) is 24.0 Å².